The summed E-state index contributed by atoms with van der Waals surface area (Å²) < 4.78 is 0. The molecule has 0 aromatic heterocycles. The van der Waals surface area contributed by atoms with Crippen molar-refractivity contribution in [3.05, 3.63) is 23.8 Å². The van der Waals surface area contributed by atoms with Gasteiger partial charge in [0.2, 0.25) is 0 Å². The molecule has 0 aliphatic heterocycles. The van der Waals surface area contributed by atoms with Crippen LogP contribution < -0.4 is 0 Å². The van der Waals surface area contributed by atoms with Gasteiger partial charge in [-0.05, 0) is 19.3 Å². The van der Waals surface area contributed by atoms with Gasteiger partial charge in [0.25, 0.3) is 0 Å². The zero-order chi connectivity index (χ0) is 7.40. The Kier molecular flexibility index (Phi) is 2.73. The van der Waals surface area contributed by atoms with Gasteiger partial charge in [0.1, 0.15) is 0 Å². The second-order valence-electron chi connectivity index (χ2n) is 3.08. The zero-order valence-electron chi connectivity index (χ0n) is 6.93. The molecule has 0 radical (unpaired) electrons. The molecule has 0 aromatic carbocycles. The highest BCUT2D eigenvalue weighted by Gasteiger charge is 2.04. The maximum absolute atomic E-state index is 2.36. The lowest BCUT2D eigenvalue weighted by Crippen LogP contribution is -1.87. The van der Waals surface area contributed by atoms with E-state index in [-0.39, 0.29) is 0 Å². The van der Waals surface area contributed by atoms with Crippen LogP contribution in [0.15, 0.2) is 23.8 Å². The Hall–Kier alpha value is -0.520. The summed E-state index contributed by atoms with van der Waals surface area (Å²) in [4.78, 5) is 0. The summed E-state index contributed by atoms with van der Waals surface area (Å²) in [6, 6.07) is 0. The Balaban J connectivity index is 2.26. The van der Waals surface area contributed by atoms with Crippen LogP contribution in [-0.2, 0) is 0 Å². The lowest BCUT2D eigenvalue weighted by molar-refractivity contribution is 0.646. The molecule has 0 spiro atoms. The zero-order valence-corrected chi connectivity index (χ0v) is 6.93. The van der Waals surface area contributed by atoms with Gasteiger partial charge in [-0.25, -0.2) is 0 Å². The summed E-state index contributed by atoms with van der Waals surface area (Å²) in [5, 5.41) is 0. The van der Waals surface area contributed by atoms with Crippen molar-refractivity contribution < 1.29 is 0 Å². The Morgan fingerprint density at radius 3 is 2.80 bits per heavy atom. The Morgan fingerprint density at radius 1 is 1.50 bits per heavy atom. The molecule has 0 amide bonds. The number of hydrogen-bond donors (Lipinski definition) is 0. The Morgan fingerprint density at radius 2 is 2.30 bits per heavy atom. The van der Waals surface area contributed by atoms with Crippen LogP contribution in [0, 0.1) is 5.92 Å². The minimum absolute atomic E-state index is 0.750. The molecule has 0 saturated heterocycles. The smallest absolute Gasteiger partial charge is 0.00446 e. The molecule has 10 heavy (non-hydrogen) atoms. The van der Waals surface area contributed by atoms with E-state index in [1.807, 2.05) is 0 Å². The van der Waals surface area contributed by atoms with Crippen molar-refractivity contribution in [3.63, 3.8) is 0 Å². The predicted octanol–water partition coefficient (Wildman–Crippen LogP) is 3.31. The van der Waals surface area contributed by atoms with Crippen LogP contribution in [0.5, 0.6) is 0 Å². The third kappa shape index (κ3) is 2.02. The maximum Gasteiger partial charge on any atom is -0.00446 e. The lowest BCUT2D eigenvalue weighted by atomic mass is 10.0. The van der Waals surface area contributed by atoms with Crippen LogP contribution in [0.4, 0.5) is 0 Å². The topological polar surface area (TPSA) is 0 Å². The van der Waals surface area contributed by atoms with E-state index in [1.54, 1.807) is 0 Å². The first-order valence-electron chi connectivity index (χ1n) is 4.19. The van der Waals surface area contributed by atoms with Crippen LogP contribution in [-0.4, -0.2) is 0 Å². The summed E-state index contributed by atoms with van der Waals surface area (Å²) in [5.41, 5.74) is 1.43. The summed E-state index contributed by atoms with van der Waals surface area (Å²) in [5.74, 6) is 0.750. The van der Waals surface area contributed by atoms with Crippen molar-refractivity contribution >= 4 is 0 Å². The third-order valence-electron chi connectivity index (χ3n) is 1.97. The average molecular weight is 136 g/mol. The van der Waals surface area contributed by atoms with Gasteiger partial charge in [-0.1, -0.05) is 43.6 Å². The molecule has 56 valence electrons. The second kappa shape index (κ2) is 3.60. The first-order valence-corrected chi connectivity index (χ1v) is 4.19. The lowest BCUT2D eigenvalue weighted by Gasteiger charge is -2.01. The van der Waals surface area contributed by atoms with Gasteiger partial charge < -0.3 is 0 Å². The Labute approximate surface area is 63.6 Å². The summed E-state index contributed by atoms with van der Waals surface area (Å²) in [7, 11) is 0. The Bertz CT molecular complexity index is 151. The monoisotopic (exact) mass is 136 g/mol. The van der Waals surface area contributed by atoms with Crippen molar-refractivity contribution in [1.29, 1.82) is 0 Å². The second-order valence-corrected chi connectivity index (χ2v) is 3.08. The van der Waals surface area contributed by atoms with Gasteiger partial charge in [-0.3, -0.25) is 0 Å². The number of allylic oxidation sites excluding steroid dienone is 4. The van der Waals surface area contributed by atoms with E-state index in [0.29, 0.717) is 0 Å². The highest BCUT2D eigenvalue weighted by molar-refractivity contribution is 5.26. The van der Waals surface area contributed by atoms with Crippen molar-refractivity contribution in [3.8, 4) is 0 Å². The van der Waals surface area contributed by atoms with Crippen LogP contribution in [0.25, 0.3) is 0 Å². The largest absolute Gasteiger partial charge is 0.0774 e. The van der Waals surface area contributed by atoms with E-state index in [4.69, 9.17) is 0 Å². The highest BCUT2D eigenvalue weighted by atomic mass is 14.1. The van der Waals surface area contributed by atoms with Crippen molar-refractivity contribution in [2.45, 2.75) is 33.1 Å². The van der Waals surface area contributed by atoms with Gasteiger partial charge in [0.15, 0.2) is 0 Å². The predicted molar refractivity (Wildman–Crippen MR) is 45.9 cm³/mol. The van der Waals surface area contributed by atoms with E-state index >= 15 is 0 Å². The van der Waals surface area contributed by atoms with Crippen molar-refractivity contribution in [2.75, 3.05) is 0 Å². The van der Waals surface area contributed by atoms with Crippen LogP contribution >= 0.6 is 0 Å². The van der Waals surface area contributed by atoms with E-state index in [9.17, 15) is 0 Å². The standard InChI is InChI=1S/C10H16/c1-3-4-5-10-7-6-9(2)8-10/h6-8,10H,3-5H2,1-2H3/t10-/m0/s1. The molecule has 1 aliphatic carbocycles. The first-order chi connectivity index (χ1) is 4.83. The van der Waals surface area contributed by atoms with Crippen molar-refractivity contribution in [2.24, 2.45) is 5.92 Å². The number of unbranched alkanes of at least 4 members (excludes halogenated alkanes) is 1. The summed E-state index contributed by atoms with van der Waals surface area (Å²) in [6.45, 7) is 4.41. The molecule has 1 atom stereocenters. The summed E-state index contributed by atoms with van der Waals surface area (Å²) in [6.07, 6.45) is 10.9. The van der Waals surface area contributed by atoms with Crippen LogP contribution in [0.1, 0.15) is 33.1 Å². The molecule has 0 saturated carbocycles. The van der Waals surface area contributed by atoms with E-state index in [2.05, 4.69) is 32.1 Å². The first kappa shape index (κ1) is 7.59. The number of rotatable bonds is 3. The normalized spacial score (nSPS) is 23.4. The molecular formula is C10H16. The molecule has 0 aromatic rings. The van der Waals surface area contributed by atoms with Gasteiger partial charge in [0.05, 0.1) is 0 Å². The molecule has 0 bridgehead atoms. The fraction of sp³-hybridized carbons (Fsp3) is 0.600. The molecule has 0 N–H and O–H groups in total. The van der Waals surface area contributed by atoms with Crippen LogP contribution in [0.2, 0.25) is 0 Å². The molecule has 0 nitrogen and oxygen atoms in total. The molecular weight excluding hydrogens is 120 g/mol. The van der Waals surface area contributed by atoms with Gasteiger partial charge in [-0.15, -0.1) is 0 Å². The quantitative estimate of drug-likeness (QED) is 0.558. The van der Waals surface area contributed by atoms with E-state index < -0.39 is 0 Å². The van der Waals surface area contributed by atoms with Crippen LogP contribution in [0.3, 0.4) is 0 Å². The van der Waals surface area contributed by atoms with Gasteiger partial charge in [-0.2, -0.15) is 0 Å². The third-order valence-corrected chi connectivity index (χ3v) is 1.97. The fourth-order valence-corrected chi connectivity index (χ4v) is 1.34. The SMILES string of the molecule is CCCC[C@H]1C=CC(C)=C1. The molecule has 0 heteroatoms. The molecule has 0 fully saturated rings. The van der Waals surface area contributed by atoms with E-state index in [1.165, 1.54) is 24.8 Å². The average Bonchev–Trinajstić information content (AvgIpc) is 2.31. The molecule has 1 rings (SSSR count). The molecule has 1 aliphatic rings. The number of hydrogen-bond acceptors (Lipinski definition) is 0. The maximum atomic E-state index is 2.36. The minimum Gasteiger partial charge on any atom is -0.0774 e. The molecule has 0 unspecified atom stereocenters. The summed E-state index contributed by atoms with van der Waals surface area (Å²) >= 11 is 0. The van der Waals surface area contributed by atoms with Crippen molar-refractivity contribution in [1.82, 2.24) is 0 Å². The van der Waals surface area contributed by atoms with Gasteiger partial charge >= 0.3 is 0 Å². The highest BCUT2D eigenvalue weighted by Crippen LogP contribution is 2.20. The molecule has 0 heterocycles. The fourth-order valence-electron chi connectivity index (χ4n) is 1.34. The van der Waals surface area contributed by atoms with Gasteiger partial charge in [0, 0.05) is 0 Å². The van der Waals surface area contributed by atoms with E-state index in [0.717, 1.165) is 5.92 Å². The minimum atomic E-state index is 0.750.